The third-order valence-corrected chi connectivity index (χ3v) is 4.00. The third kappa shape index (κ3) is 1.81. The normalized spacial score (nSPS) is 11.0. The predicted octanol–water partition coefficient (Wildman–Crippen LogP) is 3.44. The summed E-state index contributed by atoms with van der Waals surface area (Å²) in [4.78, 5) is 18.9. The van der Waals surface area contributed by atoms with E-state index in [0.29, 0.717) is 15.8 Å². The summed E-state index contributed by atoms with van der Waals surface area (Å²) in [5.41, 5.74) is 1.10. The molecule has 1 aromatic carbocycles. The van der Waals surface area contributed by atoms with Crippen molar-refractivity contribution in [1.82, 2.24) is 9.97 Å². The summed E-state index contributed by atoms with van der Waals surface area (Å²) >= 11 is 6.91. The lowest BCUT2D eigenvalue weighted by molar-refractivity contribution is 0.629. The van der Waals surface area contributed by atoms with E-state index < -0.39 is 5.82 Å². The molecule has 2 heterocycles. The van der Waals surface area contributed by atoms with Crippen LogP contribution in [-0.4, -0.2) is 9.97 Å². The van der Waals surface area contributed by atoms with Gasteiger partial charge in [0.1, 0.15) is 10.5 Å². The average molecular weight is 281 g/mol. The molecular weight excluding hydrogens is 275 g/mol. The highest BCUT2D eigenvalue weighted by atomic mass is 35.5. The molecule has 6 heteroatoms. The summed E-state index contributed by atoms with van der Waals surface area (Å²) in [5.74, 6) is -0.478. The summed E-state index contributed by atoms with van der Waals surface area (Å²) in [7, 11) is 0. The maximum Gasteiger partial charge on any atom is 0.268 e. The second-order valence-electron chi connectivity index (χ2n) is 3.69. The Morgan fingerprint density at radius 1 is 1.33 bits per heavy atom. The van der Waals surface area contributed by atoms with Crippen molar-refractivity contribution in [3.63, 3.8) is 0 Å². The second kappa shape index (κ2) is 4.19. The Labute approximate surface area is 110 Å². The lowest BCUT2D eigenvalue weighted by atomic mass is 10.2. The summed E-state index contributed by atoms with van der Waals surface area (Å²) in [5, 5.41) is 0.0795. The molecule has 0 fully saturated rings. The van der Waals surface area contributed by atoms with E-state index in [0.717, 1.165) is 4.88 Å². The highest BCUT2D eigenvalue weighted by Crippen LogP contribution is 2.32. The van der Waals surface area contributed by atoms with E-state index in [1.807, 2.05) is 0 Å². The van der Waals surface area contributed by atoms with Gasteiger partial charge < -0.3 is 4.98 Å². The second-order valence-corrected chi connectivity index (χ2v) is 5.14. The summed E-state index contributed by atoms with van der Waals surface area (Å²) in [6.07, 6.45) is 1.35. The number of aromatic amines is 1. The Kier molecular flexibility index (Phi) is 2.65. The van der Waals surface area contributed by atoms with E-state index in [2.05, 4.69) is 9.97 Å². The van der Waals surface area contributed by atoms with Gasteiger partial charge in [0, 0.05) is 4.88 Å². The molecule has 0 spiro atoms. The number of thiophene rings is 1. The van der Waals surface area contributed by atoms with Crippen LogP contribution in [0.4, 0.5) is 4.39 Å². The highest BCUT2D eigenvalue weighted by Gasteiger charge is 2.09. The Hall–Kier alpha value is -1.72. The summed E-state index contributed by atoms with van der Waals surface area (Å²) in [6.45, 7) is 0. The van der Waals surface area contributed by atoms with Gasteiger partial charge in [0.05, 0.1) is 16.9 Å². The van der Waals surface area contributed by atoms with Gasteiger partial charge >= 0.3 is 0 Å². The zero-order valence-corrected chi connectivity index (χ0v) is 10.5. The molecule has 0 saturated heterocycles. The number of halogens is 2. The number of hydrogen-bond donors (Lipinski definition) is 1. The van der Waals surface area contributed by atoms with Gasteiger partial charge in [0.2, 0.25) is 0 Å². The fourth-order valence-electron chi connectivity index (χ4n) is 1.66. The first-order valence-electron chi connectivity index (χ1n) is 5.08. The van der Waals surface area contributed by atoms with E-state index in [9.17, 15) is 9.18 Å². The van der Waals surface area contributed by atoms with Gasteiger partial charge in [-0.25, -0.2) is 9.37 Å². The van der Waals surface area contributed by atoms with Gasteiger partial charge in [-0.15, -0.1) is 11.3 Å². The number of H-pyrrole nitrogens is 1. The first-order chi connectivity index (χ1) is 8.65. The lowest BCUT2D eigenvalue weighted by Gasteiger charge is -1.98. The Morgan fingerprint density at radius 2 is 2.17 bits per heavy atom. The van der Waals surface area contributed by atoms with Crippen LogP contribution >= 0.6 is 22.9 Å². The third-order valence-electron chi connectivity index (χ3n) is 2.52. The van der Waals surface area contributed by atoms with Crippen LogP contribution in [-0.2, 0) is 0 Å². The molecule has 0 bridgehead atoms. The van der Waals surface area contributed by atoms with E-state index in [-0.39, 0.29) is 10.6 Å². The molecule has 0 aliphatic carbocycles. The molecule has 18 heavy (non-hydrogen) atoms. The standard InChI is InChI=1S/C12H6ClFN2OS/c13-7-2-1-6(3-8(7)14)10-4-9-11(18-10)12(17)16-5-15-9/h1-5H,(H,15,16,17). The molecule has 3 nitrogen and oxygen atoms in total. The fourth-order valence-corrected chi connectivity index (χ4v) is 2.78. The Balaban J connectivity index is 2.22. The van der Waals surface area contributed by atoms with Gasteiger partial charge in [0.15, 0.2) is 0 Å². The first kappa shape index (κ1) is 11.4. The van der Waals surface area contributed by atoms with E-state index in [4.69, 9.17) is 11.6 Å². The van der Waals surface area contributed by atoms with Crippen molar-refractivity contribution in [3.05, 3.63) is 51.8 Å². The quantitative estimate of drug-likeness (QED) is 0.742. The van der Waals surface area contributed by atoms with E-state index in [1.165, 1.54) is 29.8 Å². The van der Waals surface area contributed by atoms with Crippen molar-refractivity contribution in [2.24, 2.45) is 0 Å². The van der Waals surface area contributed by atoms with Crippen LogP contribution < -0.4 is 5.56 Å². The van der Waals surface area contributed by atoms with Crippen molar-refractivity contribution in [1.29, 1.82) is 0 Å². The molecule has 0 aliphatic rings. The van der Waals surface area contributed by atoms with Gasteiger partial charge in [-0.1, -0.05) is 17.7 Å². The number of aromatic nitrogens is 2. The molecular formula is C12H6ClFN2OS. The van der Waals surface area contributed by atoms with Gasteiger partial charge in [-0.3, -0.25) is 4.79 Å². The number of fused-ring (bicyclic) bond motifs is 1. The van der Waals surface area contributed by atoms with E-state index in [1.54, 1.807) is 12.1 Å². The number of nitrogens with one attached hydrogen (secondary N) is 1. The molecule has 3 rings (SSSR count). The zero-order chi connectivity index (χ0) is 12.7. The smallest absolute Gasteiger partial charge is 0.268 e. The lowest BCUT2D eigenvalue weighted by Crippen LogP contribution is -2.02. The molecule has 90 valence electrons. The maximum atomic E-state index is 13.4. The first-order valence-corrected chi connectivity index (χ1v) is 6.27. The van der Waals surface area contributed by atoms with Gasteiger partial charge in [-0.2, -0.15) is 0 Å². The Bertz CT molecular complexity index is 796. The van der Waals surface area contributed by atoms with Gasteiger partial charge in [0.25, 0.3) is 5.56 Å². The minimum absolute atomic E-state index is 0.0795. The molecule has 0 atom stereocenters. The van der Waals surface area contributed by atoms with Crippen LogP contribution in [0.1, 0.15) is 0 Å². The number of nitrogens with zero attached hydrogens (tertiary/aromatic N) is 1. The molecule has 0 saturated carbocycles. The van der Waals surface area contributed by atoms with Crippen LogP contribution in [0.25, 0.3) is 20.7 Å². The number of rotatable bonds is 1. The van der Waals surface area contributed by atoms with Crippen molar-refractivity contribution in [2.75, 3.05) is 0 Å². The molecule has 0 amide bonds. The van der Waals surface area contributed by atoms with Crippen LogP contribution in [0.3, 0.4) is 0 Å². The van der Waals surface area contributed by atoms with Crippen molar-refractivity contribution in [3.8, 4) is 10.4 Å². The van der Waals surface area contributed by atoms with E-state index >= 15 is 0 Å². The number of benzene rings is 1. The minimum atomic E-state index is -0.478. The minimum Gasteiger partial charge on any atom is -0.312 e. The topological polar surface area (TPSA) is 45.8 Å². The zero-order valence-electron chi connectivity index (χ0n) is 8.91. The molecule has 1 N–H and O–H groups in total. The molecule has 0 aliphatic heterocycles. The SMILES string of the molecule is O=c1[nH]cnc2cc(-c3ccc(Cl)c(F)c3)sc12. The van der Waals surface area contributed by atoms with Crippen LogP contribution in [0.15, 0.2) is 35.4 Å². The van der Waals surface area contributed by atoms with Gasteiger partial charge in [-0.05, 0) is 23.8 Å². The summed E-state index contributed by atoms with van der Waals surface area (Å²) < 4.78 is 13.9. The highest BCUT2D eigenvalue weighted by molar-refractivity contribution is 7.22. The molecule has 3 aromatic rings. The fraction of sp³-hybridized carbons (Fsp3) is 0. The number of hydrogen-bond acceptors (Lipinski definition) is 3. The van der Waals surface area contributed by atoms with Crippen molar-refractivity contribution < 1.29 is 4.39 Å². The average Bonchev–Trinajstić information content (AvgIpc) is 2.78. The predicted molar refractivity (Wildman–Crippen MR) is 70.6 cm³/mol. The van der Waals surface area contributed by atoms with Crippen LogP contribution in [0.2, 0.25) is 5.02 Å². The van der Waals surface area contributed by atoms with Crippen molar-refractivity contribution in [2.45, 2.75) is 0 Å². The summed E-state index contributed by atoms with van der Waals surface area (Å²) in [6, 6.07) is 6.32. The van der Waals surface area contributed by atoms with Crippen LogP contribution in [0.5, 0.6) is 0 Å². The van der Waals surface area contributed by atoms with Crippen molar-refractivity contribution >= 4 is 33.2 Å². The largest absolute Gasteiger partial charge is 0.312 e. The maximum absolute atomic E-state index is 13.4. The molecule has 0 unspecified atom stereocenters. The molecule has 0 radical (unpaired) electrons. The monoisotopic (exact) mass is 280 g/mol. The van der Waals surface area contributed by atoms with Crippen LogP contribution in [0, 0.1) is 5.82 Å². The Morgan fingerprint density at radius 3 is 2.89 bits per heavy atom. The molecule has 2 aromatic heterocycles.